The Bertz CT molecular complexity index is 461. The summed E-state index contributed by atoms with van der Waals surface area (Å²) in [6, 6.07) is 4.27. The summed E-state index contributed by atoms with van der Waals surface area (Å²) in [5.74, 6) is 0.110. The molecule has 1 aromatic rings. The molecule has 0 spiro atoms. The molecule has 0 aliphatic heterocycles. The third-order valence-corrected chi connectivity index (χ3v) is 3.92. The Morgan fingerprint density at radius 2 is 2.22 bits per heavy atom. The number of hydrogen-bond acceptors (Lipinski definition) is 2. The number of halogens is 2. The molecule has 1 aromatic carbocycles. The van der Waals surface area contributed by atoms with Gasteiger partial charge in [0, 0.05) is 34.2 Å². The van der Waals surface area contributed by atoms with Gasteiger partial charge in [0.2, 0.25) is 5.91 Å². The number of carbonyl (C=O) groups excluding carboxylic acids is 1. The van der Waals surface area contributed by atoms with E-state index in [0.717, 1.165) is 33.6 Å². The van der Waals surface area contributed by atoms with Crippen LogP contribution in [0.15, 0.2) is 16.6 Å². The molecule has 1 aliphatic carbocycles. The lowest BCUT2D eigenvalue weighted by atomic mass is 10.2. The fourth-order valence-corrected chi connectivity index (χ4v) is 2.38. The SMILES string of the molecule is Cc1cc(Br)c(NCCC(=O)NC2CC2)cc1Cl. The van der Waals surface area contributed by atoms with Crippen LogP contribution in [-0.4, -0.2) is 18.5 Å². The van der Waals surface area contributed by atoms with Crippen LogP contribution in [0.2, 0.25) is 5.02 Å². The van der Waals surface area contributed by atoms with Gasteiger partial charge in [0.1, 0.15) is 0 Å². The van der Waals surface area contributed by atoms with Crippen LogP contribution in [0, 0.1) is 6.92 Å². The van der Waals surface area contributed by atoms with Crippen molar-refractivity contribution in [3.8, 4) is 0 Å². The molecule has 98 valence electrons. The van der Waals surface area contributed by atoms with Crippen LogP contribution < -0.4 is 10.6 Å². The number of hydrogen-bond donors (Lipinski definition) is 2. The van der Waals surface area contributed by atoms with Crippen molar-refractivity contribution < 1.29 is 4.79 Å². The number of benzene rings is 1. The summed E-state index contributed by atoms with van der Waals surface area (Å²) in [6.07, 6.45) is 2.73. The molecule has 0 bridgehead atoms. The Labute approximate surface area is 120 Å². The summed E-state index contributed by atoms with van der Waals surface area (Å²) in [7, 11) is 0. The van der Waals surface area contributed by atoms with E-state index >= 15 is 0 Å². The van der Waals surface area contributed by atoms with Crippen LogP contribution in [0.5, 0.6) is 0 Å². The van der Waals surface area contributed by atoms with Gasteiger partial charge in [0.25, 0.3) is 0 Å². The van der Waals surface area contributed by atoms with Crippen molar-refractivity contribution in [2.45, 2.75) is 32.2 Å². The van der Waals surface area contributed by atoms with Crippen LogP contribution in [0.1, 0.15) is 24.8 Å². The zero-order chi connectivity index (χ0) is 13.1. The Hall–Kier alpha value is -0.740. The monoisotopic (exact) mass is 330 g/mol. The Kier molecular flexibility index (Phi) is 4.51. The molecule has 1 saturated carbocycles. The van der Waals surface area contributed by atoms with Crippen molar-refractivity contribution in [3.05, 3.63) is 27.2 Å². The van der Waals surface area contributed by atoms with E-state index in [9.17, 15) is 4.79 Å². The number of aryl methyl sites for hydroxylation is 1. The molecule has 0 unspecified atom stereocenters. The van der Waals surface area contributed by atoms with Crippen LogP contribution in [0.25, 0.3) is 0 Å². The molecule has 0 atom stereocenters. The van der Waals surface area contributed by atoms with Crippen molar-refractivity contribution in [3.63, 3.8) is 0 Å². The maximum Gasteiger partial charge on any atom is 0.221 e. The highest BCUT2D eigenvalue weighted by Gasteiger charge is 2.22. The molecule has 0 radical (unpaired) electrons. The first kappa shape index (κ1) is 13.7. The number of carbonyl (C=O) groups is 1. The van der Waals surface area contributed by atoms with E-state index < -0.39 is 0 Å². The molecular weight excluding hydrogens is 316 g/mol. The Morgan fingerprint density at radius 1 is 1.50 bits per heavy atom. The van der Waals surface area contributed by atoms with E-state index in [2.05, 4.69) is 26.6 Å². The minimum Gasteiger partial charge on any atom is -0.384 e. The lowest BCUT2D eigenvalue weighted by molar-refractivity contribution is -0.120. The summed E-state index contributed by atoms with van der Waals surface area (Å²) in [5.41, 5.74) is 1.95. The summed E-state index contributed by atoms with van der Waals surface area (Å²) >= 11 is 9.54. The van der Waals surface area contributed by atoms with Crippen molar-refractivity contribution in [2.24, 2.45) is 0 Å². The standard InChI is InChI=1S/C13H16BrClN2O/c1-8-6-10(14)12(7-11(8)15)16-5-4-13(18)17-9-2-3-9/h6-7,9,16H,2-5H2,1H3,(H,17,18). The minimum atomic E-state index is 0.110. The number of nitrogens with one attached hydrogen (secondary N) is 2. The van der Waals surface area contributed by atoms with Gasteiger partial charge in [0.05, 0.1) is 0 Å². The zero-order valence-corrected chi connectivity index (χ0v) is 12.6. The predicted octanol–water partition coefficient (Wildman–Crippen LogP) is 3.49. The van der Waals surface area contributed by atoms with Gasteiger partial charge < -0.3 is 10.6 Å². The first-order valence-electron chi connectivity index (χ1n) is 6.05. The molecule has 1 aliphatic rings. The lowest BCUT2D eigenvalue weighted by Gasteiger charge is -2.10. The average molecular weight is 332 g/mol. The maximum atomic E-state index is 11.5. The zero-order valence-electron chi connectivity index (χ0n) is 10.2. The number of anilines is 1. The highest BCUT2D eigenvalue weighted by molar-refractivity contribution is 9.10. The van der Waals surface area contributed by atoms with Crippen LogP contribution >= 0.6 is 27.5 Å². The van der Waals surface area contributed by atoms with Gasteiger partial charge in [-0.25, -0.2) is 0 Å². The van der Waals surface area contributed by atoms with Gasteiger partial charge in [-0.05, 0) is 53.4 Å². The van der Waals surface area contributed by atoms with E-state index in [4.69, 9.17) is 11.6 Å². The van der Waals surface area contributed by atoms with Gasteiger partial charge >= 0.3 is 0 Å². The summed E-state index contributed by atoms with van der Waals surface area (Å²) < 4.78 is 0.965. The summed E-state index contributed by atoms with van der Waals surface area (Å²) in [4.78, 5) is 11.5. The van der Waals surface area contributed by atoms with Gasteiger partial charge in [-0.15, -0.1) is 0 Å². The van der Waals surface area contributed by atoms with Crippen molar-refractivity contribution in [1.29, 1.82) is 0 Å². The van der Waals surface area contributed by atoms with Gasteiger partial charge in [-0.3, -0.25) is 4.79 Å². The van der Waals surface area contributed by atoms with E-state index in [-0.39, 0.29) is 5.91 Å². The highest BCUT2D eigenvalue weighted by Crippen LogP contribution is 2.29. The first-order valence-corrected chi connectivity index (χ1v) is 7.22. The van der Waals surface area contributed by atoms with Gasteiger partial charge in [-0.1, -0.05) is 11.6 Å². The van der Waals surface area contributed by atoms with Crippen LogP contribution in [0.4, 0.5) is 5.69 Å². The molecular formula is C13H16BrClN2O. The molecule has 1 amide bonds. The van der Waals surface area contributed by atoms with E-state index in [0.29, 0.717) is 19.0 Å². The number of amides is 1. The van der Waals surface area contributed by atoms with Gasteiger partial charge in [0.15, 0.2) is 0 Å². The van der Waals surface area contributed by atoms with Crippen LogP contribution in [0.3, 0.4) is 0 Å². The topological polar surface area (TPSA) is 41.1 Å². The molecule has 2 rings (SSSR count). The lowest BCUT2D eigenvalue weighted by Crippen LogP contribution is -2.27. The number of rotatable bonds is 5. The molecule has 2 N–H and O–H groups in total. The second-order valence-corrected chi connectivity index (χ2v) is 5.86. The second-order valence-electron chi connectivity index (χ2n) is 4.60. The van der Waals surface area contributed by atoms with Crippen LogP contribution in [-0.2, 0) is 4.79 Å². The molecule has 3 nitrogen and oxygen atoms in total. The Morgan fingerprint density at radius 3 is 2.89 bits per heavy atom. The molecule has 0 heterocycles. The largest absolute Gasteiger partial charge is 0.384 e. The smallest absolute Gasteiger partial charge is 0.221 e. The molecule has 0 saturated heterocycles. The van der Waals surface area contributed by atoms with Gasteiger partial charge in [-0.2, -0.15) is 0 Å². The third kappa shape index (κ3) is 3.89. The average Bonchev–Trinajstić information content (AvgIpc) is 3.09. The van der Waals surface area contributed by atoms with E-state index in [1.165, 1.54) is 0 Å². The minimum absolute atomic E-state index is 0.110. The molecule has 0 aromatic heterocycles. The normalized spacial score (nSPS) is 14.4. The fourth-order valence-electron chi connectivity index (χ4n) is 1.62. The van der Waals surface area contributed by atoms with Crippen molar-refractivity contribution in [2.75, 3.05) is 11.9 Å². The van der Waals surface area contributed by atoms with Crippen molar-refractivity contribution >= 4 is 39.1 Å². The molecule has 1 fully saturated rings. The fraction of sp³-hybridized carbons (Fsp3) is 0.462. The molecule has 18 heavy (non-hydrogen) atoms. The van der Waals surface area contributed by atoms with E-state index in [1.807, 2.05) is 19.1 Å². The Balaban J connectivity index is 1.82. The summed E-state index contributed by atoms with van der Waals surface area (Å²) in [6.45, 7) is 2.57. The maximum absolute atomic E-state index is 11.5. The molecule has 5 heteroatoms. The highest BCUT2D eigenvalue weighted by atomic mass is 79.9. The second kappa shape index (κ2) is 5.93. The van der Waals surface area contributed by atoms with E-state index in [1.54, 1.807) is 0 Å². The quantitative estimate of drug-likeness (QED) is 0.867. The third-order valence-electron chi connectivity index (χ3n) is 2.86. The van der Waals surface area contributed by atoms with Crippen molar-refractivity contribution in [1.82, 2.24) is 5.32 Å². The summed E-state index contributed by atoms with van der Waals surface area (Å²) in [5, 5.41) is 6.90. The first-order chi connectivity index (χ1) is 8.56. The predicted molar refractivity (Wildman–Crippen MR) is 78.2 cm³/mol.